The van der Waals surface area contributed by atoms with Gasteiger partial charge in [0.15, 0.2) is 12.6 Å². The van der Waals surface area contributed by atoms with Crippen LogP contribution in [0.3, 0.4) is 0 Å². The highest BCUT2D eigenvalue weighted by Crippen LogP contribution is 2.43. The first kappa shape index (κ1) is 109. The van der Waals surface area contributed by atoms with Gasteiger partial charge < -0.3 is 171 Å². The van der Waals surface area contributed by atoms with Crippen LogP contribution in [0.15, 0.2) is 12.2 Å². The van der Waals surface area contributed by atoms with Crippen LogP contribution in [0.2, 0.25) is 0 Å². The number of carboxylic acid groups (broad SMARTS) is 3. The highest BCUT2D eigenvalue weighted by Gasteiger charge is 2.64. The van der Waals surface area contributed by atoms with E-state index in [0.29, 0.717) is 12.8 Å². The molecule has 5 rings (SSSR count). The molecule has 0 aliphatic carbocycles. The zero-order chi connectivity index (χ0) is 92.0. The number of nitrogens with one attached hydrogen (secondary N) is 4. The summed E-state index contributed by atoms with van der Waals surface area (Å²) in [6.45, 7) is -0.0686. The van der Waals surface area contributed by atoms with E-state index in [0.717, 1.165) is 85.0 Å². The van der Waals surface area contributed by atoms with E-state index in [1.54, 1.807) is 6.08 Å². The second-order valence-electron chi connectivity index (χ2n) is 33.6. The summed E-state index contributed by atoms with van der Waals surface area (Å²) in [4.78, 5) is 92.2. The first-order valence-corrected chi connectivity index (χ1v) is 44.3. The lowest BCUT2D eigenvalue weighted by molar-refractivity contribution is -0.388. The number of unbranched alkanes of at least 4 members (excludes halogenated alkanes) is 27. The number of carboxylic acids is 3. The summed E-state index contributed by atoms with van der Waals surface area (Å²) < 4.78 is 58.2. The molecular weight excluding hydrogens is 1640 g/mol. The van der Waals surface area contributed by atoms with Crippen LogP contribution in [0.4, 0.5) is 0 Å². The number of rotatable bonds is 61. The van der Waals surface area contributed by atoms with Gasteiger partial charge in [0.1, 0.15) is 104 Å². The minimum Gasteiger partial charge on any atom is -0.477 e. The first-order chi connectivity index (χ1) is 59.0. The van der Waals surface area contributed by atoms with Crippen molar-refractivity contribution in [2.45, 2.75) is 429 Å². The number of aliphatic hydroxyl groups excluding tert-OH is 17. The van der Waals surface area contributed by atoms with Crippen LogP contribution in [-0.4, -0.2) is 366 Å². The third kappa shape index (κ3) is 32.8. The Labute approximate surface area is 723 Å². The average molecular weight is 1790 g/mol. The van der Waals surface area contributed by atoms with E-state index >= 15 is 0 Å². The van der Waals surface area contributed by atoms with Gasteiger partial charge >= 0.3 is 17.9 Å². The smallest absolute Gasteiger partial charge is 0.364 e. The van der Waals surface area contributed by atoms with E-state index in [1.165, 1.54) is 115 Å². The Bertz CT molecular complexity index is 3140. The fraction of sp³-hybridized carbons (Fsp3) is 0.892. The highest BCUT2D eigenvalue weighted by atomic mass is 16.8. The molecule has 5 aliphatic rings. The van der Waals surface area contributed by atoms with Crippen molar-refractivity contribution in [3.05, 3.63) is 12.2 Å². The van der Waals surface area contributed by atoms with Gasteiger partial charge in [-0.25, -0.2) is 14.4 Å². The number of hydrogen-bond acceptors (Lipinski definition) is 34. The summed E-state index contributed by atoms with van der Waals surface area (Å²) in [7, 11) is 0. The van der Waals surface area contributed by atoms with Gasteiger partial charge in [-0.15, -0.1) is 0 Å². The molecule has 0 aromatic heterocycles. The SMILES string of the molecule is CCCCCCCCCCCCCC=CC(O)C(COC1OC(CO)C(OC2OC(CO)C(O)C(OC3(C(=O)O)CC(O)C(NC(C)=O)C(C(O)C(CO)OC4(C(=O)O)CC(O)C(NC(C)=O)C(C(O)C(CO)OC5(C(=O)O)CC(O)C(NC(C)=O)C(C(O)C(O)CO)O5)O4)O3)C2O)C(O)C1O)NC(=O)CCCCCCCCCCCCCCCCCCC. The molecule has 5 fully saturated rings. The summed E-state index contributed by atoms with van der Waals surface area (Å²) in [6, 6.07) is -7.03. The maximum atomic E-state index is 13.8. The van der Waals surface area contributed by atoms with Crippen molar-refractivity contribution in [2.75, 3.05) is 39.6 Å². The Hall–Kier alpha value is -5.05. The van der Waals surface area contributed by atoms with Gasteiger partial charge in [0.25, 0.3) is 17.4 Å². The summed E-state index contributed by atoms with van der Waals surface area (Å²) in [5.74, 6) is -20.6. The summed E-state index contributed by atoms with van der Waals surface area (Å²) in [5, 5.41) is 235. The topological polar surface area (TPSA) is 665 Å². The lowest BCUT2D eigenvalue weighted by Gasteiger charge is -2.51. The Balaban J connectivity index is 1.34. The molecule has 0 spiro atoms. The number of carbonyl (C=O) groups is 7. The van der Waals surface area contributed by atoms with Gasteiger partial charge in [0.2, 0.25) is 23.6 Å². The normalized spacial score (nSPS) is 32.4. The zero-order valence-corrected chi connectivity index (χ0v) is 72.2. The molecule has 41 nitrogen and oxygen atoms in total. The number of allylic oxidation sites excluding steroid dienone is 1. The number of aliphatic carboxylic acids is 3. The molecule has 5 aliphatic heterocycles. The predicted octanol–water partition coefficient (Wildman–Crippen LogP) is -1.71. The van der Waals surface area contributed by atoms with Crippen molar-refractivity contribution in [1.29, 1.82) is 0 Å². The maximum absolute atomic E-state index is 13.8. The van der Waals surface area contributed by atoms with Crippen LogP contribution in [0, 0.1) is 0 Å². The molecule has 41 heteroatoms. The molecular formula is C83H146N4O37. The maximum Gasteiger partial charge on any atom is 0.364 e. The van der Waals surface area contributed by atoms with Crippen molar-refractivity contribution in [1.82, 2.24) is 21.3 Å². The molecule has 720 valence electrons. The monoisotopic (exact) mass is 1790 g/mol. The fourth-order valence-corrected chi connectivity index (χ4v) is 16.5. The lowest BCUT2D eigenvalue weighted by atomic mass is 9.86. The molecule has 5 heterocycles. The van der Waals surface area contributed by atoms with Gasteiger partial charge in [0.05, 0.1) is 88.2 Å². The number of hydrogen-bond donors (Lipinski definition) is 24. The Morgan fingerprint density at radius 3 is 1.19 bits per heavy atom. The van der Waals surface area contributed by atoms with Crippen molar-refractivity contribution in [3.63, 3.8) is 0 Å². The standard InChI is InChI=1S/C83H146N4O37/c1-6-8-10-12-14-16-18-20-21-22-23-25-27-29-31-33-35-37-60(101)87-50(51(96)36-34-32-30-28-26-24-19-17-15-13-11-9-7-2)46-115-76-69(107)68(106)71(59(45-92)117-76)118-77-70(108)75(65(103)56(42-89)116-77)124-83(80(113)114)40-54(99)63(86-49(5)95)74(123-83)67(105)58(44-91)120-82(79(111)112)39-53(98)62(85-48(4)94)73(122-82)66(104)57(43-90)119-81(78(109)110)38-52(97)61(84-47(3)93)72(121-81)64(102)55(100)41-88/h34,36,50-59,61-77,88-92,96-100,102-108H,6-33,35,37-46H2,1-5H3,(H,84,93)(H,85,94)(H,86,95)(H,87,101)(H,109,110)(H,111,112)(H,113,114). The Kier molecular flexibility index (Phi) is 49.3. The zero-order valence-electron chi connectivity index (χ0n) is 72.2. The van der Waals surface area contributed by atoms with Crippen LogP contribution < -0.4 is 21.3 Å². The van der Waals surface area contributed by atoms with Crippen LogP contribution >= 0.6 is 0 Å². The van der Waals surface area contributed by atoms with Crippen molar-refractivity contribution in [3.8, 4) is 0 Å². The van der Waals surface area contributed by atoms with Crippen LogP contribution in [0.1, 0.15) is 247 Å². The molecule has 30 unspecified atom stereocenters. The van der Waals surface area contributed by atoms with Crippen molar-refractivity contribution >= 4 is 41.5 Å². The molecule has 24 N–H and O–H groups in total. The van der Waals surface area contributed by atoms with Crippen LogP contribution in [-0.2, 0) is 80.9 Å². The lowest BCUT2D eigenvalue weighted by Crippen LogP contribution is -2.72. The number of carbonyl (C=O) groups excluding carboxylic acids is 4. The van der Waals surface area contributed by atoms with E-state index in [4.69, 9.17) is 47.4 Å². The highest BCUT2D eigenvalue weighted by molar-refractivity contribution is 5.79. The largest absolute Gasteiger partial charge is 0.477 e. The van der Waals surface area contributed by atoms with E-state index in [-0.39, 0.29) is 6.42 Å². The third-order valence-corrected chi connectivity index (χ3v) is 23.5. The third-order valence-electron chi connectivity index (χ3n) is 23.5. The number of amides is 4. The Morgan fingerprint density at radius 1 is 0.435 bits per heavy atom. The molecule has 124 heavy (non-hydrogen) atoms. The summed E-state index contributed by atoms with van der Waals surface area (Å²) in [6.07, 6.45) is -19.8. The van der Waals surface area contributed by atoms with Crippen LogP contribution in [0.25, 0.3) is 0 Å². The summed E-state index contributed by atoms with van der Waals surface area (Å²) in [5.41, 5.74) is 0. The van der Waals surface area contributed by atoms with Crippen molar-refractivity contribution < 1.29 is 183 Å². The molecule has 30 atom stereocenters. The quantitative estimate of drug-likeness (QED) is 0.0238. The van der Waals surface area contributed by atoms with Gasteiger partial charge in [-0.3, -0.25) is 19.2 Å². The first-order valence-electron chi connectivity index (χ1n) is 44.3. The molecule has 4 amide bonds. The average Bonchev–Trinajstić information content (AvgIpc) is 0.751. The van der Waals surface area contributed by atoms with Gasteiger partial charge in [-0.2, -0.15) is 0 Å². The molecule has 0 saturated carbocycles. The summed E-state index contributed by atoms with van der Waals surface area (Å²) >= 11 is 0. The van der Waals surface area contributed by atoms with E-state index in [9.17, 15) is 136 Å². The number of ether oxygens (including phenoxy) is 10. The molecule has 0 aromatic carbocycles. The minimum absolute atomic E-state index is 0.123. The number of aliphatic hydroxyl groups is 17. The van der Waals surface area contributed by atoms with E-state index in [2.05, 4.69) is 35.1 Å². The van der Waals surface area contributed by atoms with E-state index < -0.39 is 283 Å². The second kappa shape index (κ2) is 55.9. The van der Waals surface area contributed by atoms with Gasteiger partial charge in [0, 0.05) is 46.5 Å². The molecule has 0 bridgehead atoms. The van der Waals surface area contributed by atoms with E-state index in [1.807, 2.05) is 0 Å². The molecule has 0 aromatic rings. The van der Waals surface area contributed by atoms with Gasteiger partial charge in [-0.05, 0) is 19.3 Å². The molecule has 0 radical (unpaired) electrons. The second-order valence-corrected chi connectivity index (χ2v) is 33.6. The van der Waals surface area contributed by atoms with Crippen LogP contribution in [0.5, 0.6) is 0 Å². The molecule has 5 saturated heterocycles. The minimum atomic E-state index is -3.57. The van der Waals surface area contributed by atoms with Crippen molar-refractivity contribution in [2.24, 2.45) is 0 Å². The Morgan fingerprint density at radius 2 is 0.806 bits per heavy atom. The fourth-order valence-electron chi connectivity index (χ4n) is 16.5. The predicted molar refractivity (Wildman–Crippen MR) is 434 cm³/mol. The van der Waals surface area contributed by atoms with Gasteiger partial charge in [-0.1, -0.05) is 193 Å².